The molecule has 0 unspecified atom stereocenters. The number of hydrogen-bond acceptors (Lipinski definition) is 10. The fourth-order valence-electron chi connectivity index (χ4n) is 9.57. The first kappa shape index (κ1) is 43.3. The van der Waals surface area contributed by atoms with E-state index in [-0.39, 0.29) is 0 Å². The standard InChI is InChI=1S/C54H54N16/c1-2-14-38-37(13-1)55-49(56-38)31-67(27-29-69(33-51-59-41-17-5-6-18-42(41)60-51)34-52-61-43-19-7-8-20-44(43)62-52)25-26-68(32-50-57-39-15-3-4-16-40(39)58-50)28-30-70(35-53-63-45-21-9-10-22-46(45)64-53)36-54-65-47-23-11-12-24-48(47)66-54/h1-24H,25-36H2,(H,55,56)(H,57,58)(H,59,60)(H,61,62)(H,63,64)(H,65,66). The molecule has 0 fully saturated rings. The molecule has 6 heterocycles. The summed E-state index contributed by atoms with van der Waals surface area (Å²) in [5.74, 6) is 5.57. The highest BCUT2D eigenvalue weighted by Gasteiger charge is 2.21. The quantitative estimate of drug-likeness (QED) is 0.0408. The maximum Gasteiger partial charge on any atom is 0.121 e. The van der Waals surface area contributed by atoms with Gasteiger partial charge in [-0.25, -0.2) is 29.9 Å². The number of para-hydroxylation sites is 12. The van der Waals surface area contributed by atoms with Gasteiger partial charge in [0.2, 0.25) is 0 Å². The zero-order valence-corrected chi connectivity index (χ0v) is 38.8. The summed E-state index contributed by atoms with van der Waals surface area (Å²) in [6.07, 6.45) is 0. The van der Waals surface area contributed by atoms with Gasteiger partial charge >= 0.3 is 0 Å². The van der Waals surface area contributed by atoms with Crippen molar-refractivity contribution >= 4 is 66.2 Å². The van der Waals surface area contributed by atoms with Gasteiger partial charge in [-0.1, -0.05) is 72.8 Å². The van der Waals surface area contributed by atoms with E-state index in [0.717, 1.165) is 140 Å². The van der Waals surface area contributed by atoms with E-state index in [9.17, 15) is 0 Å². The molecule has 0 aliphatic carbocycles. The highest BCUT2D eigenvalue weighted by atomic mass is 15.3. The Kier molecular flexibility index (Phi) is 12.1. The minimum absolute atomic E-state index is 0.634. The number of imidazole rings is 6. The Labute approximate surface area is 403 Å². The maximum absolute atomic E-state index is 5.06. The summed E-state index contributed by atoms with van der Waals surface area (Å²) >= 11 is 0. The average Bonchev–Trinajstić information content (AvgIpc) is 4.25. The van der Waals surface area contributed by atoms with Crippen molar-refractivity contribution in [2.75, 3.05) is 39.3 Å². The van der Waals surface area contributed by atoms with Crippen molar-refractivity contribution < 1.29 is 0 Å². The van der Waals surface area contributed by atoms with Crippen LogP contribution in [-0.4, -0.2) is 119 Å². The summed E-state index contributed by atoms with van der Waals surface area (Å²) in [6, 6.07) is 49.4. The topological polar surface area (TPSA) is 185 Å². The van der Waals surface area contributed by atoms with Gasteiger partial charge in [0.05, 0.1) is 105 Å². The second kappa shape index (κ2) is 19.5. The Balaban J connectivity index is 0.825. The first-order valence-electron chi connectivity index (χ1n) is 24.1. The van der Waals surface area contributed by atoms with Gasteiger partial charge in [-0.15, -0.1) is 0 Å². The maximum atomic E-state index is 5.06. The molecular formula is C54H54N16. The van der Waals surface area contributed by atoms with Crippen LogP contribution in [0.3, 0.4) is 0 Å². The Hall–Kier alpha value is -8.02. The average molecular weight is 927 g/mol. The van der Waals surface area contributed by atoms with E-state index in [1.54, 1.807) is 0 Å². The van der Waals surface area contributed by atoms with Crippen LogP contribution in [0.15, 0.2) is 146 Å². The summed E-state index contributed by atoms with van der Waals surface area (Å²) in [7, 11) is 0. The number of nitrogens with zero attached hydrogens (tertiary/aromatic N) is 10. The normalized spacial score (nSPS) is 12.3. The van der Waals surface area contributed by atoms with E-state index < -0.39 is 0 Å². The Morgan fingerprint density at radius 2 is 0.400 bits per heavy atom. The minimum Gasteiger partial charge on any atom is -0.341 e. The number of aromatic amines is 6. The molecule has 350 valence electrons. The summed E-state index contributed by atoms with van der Waals surface area (Å²) in [5, 5.41) is 0. The van der Waals surface area contributed by atoms with E-state index in [0.29, 0.717) is 39.3 Å². The summed E-state index contributed by atoms with van der Waals surface area (Å²) in [4.78, 5) is 61.5. The van der Waals surface area contributed by atoms with Crippen molar-refractivity contribution in [3.05, 3.63) is 181 Å². The first-order valence-corrected chi connectivity index (χ1v) is 24.1. The van der Waals surface area contributed by atoms with Gasteiger partial charge in [0, 0.05) is 39.3 Å². The number of H-pyrrole nitrogens is 6. The first-order chi connectivity index (χ1) is 34.5. The van der Waals surface area contributed by atoms with Crippen LogP contribution in [-0.2, 0) is 39.3 Å². The molecule has 0 spiro atoms. The third-order valence-electron chi connectivity index (χ3n) is 13.1. The van der Waals surface area contributed by atoms with Crippen LogP contribution < -0.4 is 0 Å². The second-order valence-corrected chi connectivity index (χ2v) is 18.2. The van der Waals surface area contributed by atoms with Crippen LogP contribution in [0.1, 0.15) is 34.9 Å². The molecule has 0 amide bonds. The van der Waals surface area contributed by atoms with Gasteiger partial charge in [0.1, 0.15) is 34.9 Å². The van der Waals surface area contributed by atoms with Crippen LogP contribution in [0, 0.1) is 0 Å². The second-order valence-electron chi connectivity index (χ2n) is 18.2. The molecule has 70 heavy (non-hydrogen) atoms. The molecular weight excluding hydrogens is 873 g/mol. The Morgan fingerprint density at radius 3 is 0.600 bits per heavy atom. The molecule has 0 bridgehead atoms. The molecule has 0 atom stereocenters. The van der Waals surface area contributed by atoms with Crippen molar-refractivity contribution in [3.63, 3.8) is 0 Å². The van der Waals surface area contributed by atoms with E-state index in [4.69, 9.17) is 29.9 Å². The van der Waals surface area contributed by atoms with Gasteiger partial charge in [0.25, 0.3) is 0 Å². The molecule has 0 saturated heterocycles. The molecule has 0 aliphatic rings. The SMILES string of the molecule is c1ccc2[nH]c(CN(CCN(CCN(Cc3nc4ccccc4[nH]3)Cc3nc4ccccc4[nH]3)Cc3nc4ccccc4[nH]3)CCN(Cc3nc4ccccc4[nH]3)Cc3nc4ccccc4[nH]3)nc2c1. The van der Waals surface area contributed by atoms with Gasteiger partial charge in [-0.3, -0.25) is 19.6 Å². The lowest BCUT2D eigenvalue weighted by molar-refractivity contribution is 0.141. The number of hydrogen-bond donors (Lipinski definition) is 6. The van der Waals surface area contributed by atoms with Crippen molar-refractivity contribution in [1.29, 1.82) is 0 Å². The lowest BCUT2D eigenvalue weighted by Crippen LogP contribution is -2.41. The fraction of sp³-hybridized carbons (Fsp3) is 0.222. The number of benzene rings is 6. The van der Waals surface area contributed by atoms with Crippen molar-refractivity contribution in [3.8, 4) is 0 Å². The largest absolute Gasteiger partial charge is 0.341 e. The minimum atomic E-state index is 0.634. The molecule has 12 rings (SSSR count). The van der Waals surface area contributed by atoms with Crippen LogP contribution >= 0.6 is 0 Å². The molecule has 0 aliphatic heterocycles. The third-order valence-corrected chi connectivity index (χ3v) is 13.1. The van der Waals surface area contributed by atoms with Crippen molar-refractivity contribution in [1.82, 2.24) is 79.4 Å². The molecule has 16 heteroatoms. The molecule has 12 aromatic rings. The monoisotopic (exact) mass is 926 g/mol. The van der Waals surface area contributed by atoms with E-state index >= 15 is 0 Å². The predicted molar refractivity (Wildman–Crippen MR) is 275 cm³/mol. The smallest absolute Gasteiger partial charge is 0.121 e. The number of nitrogens with one attached hydrogen (secondary N) is 6. The van der Waals surface area contributed by atoms with E-state index in [2.05, 4.69) is 134 Å². The molecule has 0 radical (unpaired) electrons. The number of fused-ring (bicyclic) bond motifs is 6. The molecule has 6 aromatic heterocycles. The lowest BCUT2D eigenvalue weighted by Gasteiger charge is -2.30. The number of aromatic nitrogens is 12. The lowest BCUT2D eigenvalue weighted by atomic mass is 10.3. The highest BCUT2D eigenvalue weighted by molar-refractivity contribution is 5.78. The summed E-state index contributed by atoms with van der Waals surface area (Å²) in [5.41, 5.74) is 12.0. The van der Waals surface area contributed by atoms with Crippen molar-refractivity contribution in [2.45, 2.75) is 39.3 Å². The summed E-state index contributed by atoms with van der Waals surface area (Å²) < 4.78 is 0. The Morgan fingerprint density at radius 1 is 0.229 bits per heavy atom. The predicted octanol–water partition coefficient (Wildman–Crippen LogP) is 8.65. The highest BCUT2D eigenvalue weighted by Crippen LogP contribution is 2.20. The zero-order chi connectivity index (χ0) is 46.6. The van der Waals surface area contributed by atoms with Gasteiger partial charge < -0.3 is 29.9 Å². The van der Waals surface area contributed by atoms with Crippen LogP contribution in [0.2, 0.25) is 0 Å². The van der Waals surface area contributed by atoms with E-state index in [1.807, 2.05) is 60.7 Å². The van der Waals surface area contributed by atoms with Crippen LogP contribution in [0.4, 0.5) is 0 Å². The van der Waals surface area contributed by atoms with E-state index in [1.165, 1.54) is 0 Å². The van der Waals surface area contributed by atoms with Gasteiger partial charge in [-0.05, 0) is 72.8 Å². The van der Waals surface area contributed by atoms with Crippen LogP contribution in [0.5, 0.6) is 0 Å². The third kappa shape index (κ3) is 9.93. The number of rotatable bonds is 21. The fourth-order valence-corrected chi connectivity index (χ4v) is 9.57. The molecule has 6 N–H and O–H groups in total. The van der Waals surface area contributed by atoms with Crippen LogP contribution in [0.25, 0.3) is 66.2 Å². The Bertz CT molecular complexity index is 3080. The molecule has 6 aromatic carbocycles. The zero-order valence-electron chi connectivity index (χ0n) is 38.8. The van der Waals surface area contributed by atoms with Crippen molar-refractivity contribution in [2.24, 2.45) is 0 Å². The van der Waals surface area contributed by atoms with Gasteiger partial charge in [-0.2, -0.15) is 0 Å². The van der Waals surface area contributed by atoms with Gasteiger partial charge in [0.15, 0.2) is 0 Å². The summed E-state index contributed by atoms with van der Waals surface area (Å²) in [6.45, 7) is 8.50. The molecule has 0 saturated carbocycles. The molecule has 16 nitrogen and oxygen atoms in total.